The predicted molar refractivity (Wildman–Crippen MR) is 48.2 cm³/mol. The molecule has 0 aliphatic carbocycles. The zero-order valence-corrected chi connectivity index (χ0v) is 7.86. The molecule has 10 heavy (non-hydrogen) atoms. The van der Waals surface area contributed by atoms with Crippen molar-refractivity contribution < 1.29 is 0 Å². The van der Waals surface area contributed by atoms with Gasteiger partial charge in [0.25, 0.3) is 0 Å². The maximum atomic E-state index is 2.24. The van der Waals surface area contributed by atoms with Crippen molar-refractivity contribution in [2.75, 3.05) is 5.75 Å². The van der Waals surface area contributed by atoms with E-state index in [0.717, 1.165) is 0 Å². The molecule has 0 aromatic carbocycles. The summed E-state index contributed by atoms with van der Waals surface area (Å²) in [5.41, 5.74) is 1.63. The highest BCUT2D eigenvalue weighted by Crippen LogP contribution is 2.40. The molecule has 0 atom stereocenters. The summed E-state index contributed by atoms with van der Waals surface area (Å²) in [5.74, 6) is 1.31. The SMILES string of the molecule is Cc1sc(C)c2c1CCS2. The molecule has 0 saturated heterocycles. The molecule has 54 valence electrons. The lowest BCUT2D eigenvalue weighted by Gasteiger charge is -1.87. The molecule has 0 amide bonds. The van der Waals surface area contributed by atoms with E-state index in [4.69, 9.17) is 0 Å². The smallest absolute Gasteiger partial charge is 0.0244 e. The number of hydrogen-bond acceptors (Lipinski definition) is 2. The first kappa shape index (κ1) is 6.74. The number of thiophene rings is 1. The van der Waals surface area contributed by atoms with Gasteiger partial charge in [0.1, 0.15) is 0 Å². The van der Waals surface area contributed by atoms with Crippen molar-refractivity contribution in [1.82, 2.24) is 0 Å². The maximum absolute atomic E-state index is 2.24. The van der Waals surface area contributed by atoms with Crippen LogP contribution in [0.15, 0.2) is 4.90 Å². The lowest BCUT2D eigenvalue weighted by Crippen LogP contribution is -1.77. The fourth-order valence-corrected chi connectivity index (χ4v) is 3.96. The van der Waals surface area contributed by atoms with Gasteiger partial charge in [-0.05, 0) is 25.8 Å². The largest absolute Gasteiger partial charge is 0.145 e. The minimum absolute atomic E-state index is 1.30. The summed E-state index contributed by atoms with van der Waals surface area (Å²) in [7, 11) is 0. The molecule has 1 aliphatic rings. The van der Waals surface area contributed by atoms with Gasteiger partial charge in [-0.1, -0.05) is 0 Å². The molecule has 0 bridgehead atoms. The van der Waals surface area contributed by atoms with Gasteiger partial charge in [-0.15, -0.1) is 23.1 Å². The Morgan fingerprint density at radius 2 is 2.00 bits per heavy atom. The number of aryl methyl sites for hydroxylation is 2. The highest BCUT2D eigenvalue weighted by molar-refractivity contribution is 7.99. The number of rotatable bonds is 0. The molecular weight excluding hydrogens is 160 g/mol. The van der Waals surface area contributed by atoms with Gasteiger partial charge >= 0.3 is 0 Å². The second-order valence-electron chi connectivity index (χ2n) is 2.62. The minimum Gasteiger partial charge on any atom is -0.145 e. The Morgan fingerprint density at radius 1 is 1.20 bits per heavy atom. The monoisotopic (exact) mass is 170 g/mol. The van der Waals surface area contributed by atoms with E-state index in [9.17, 15) is 0 Å². The third kappa shape index (κ3) is 0.823. The van der Waals surface area contributed by atoms with E-state index in [1.165, 1.54) is 21.9 Å². The molecule has 1 aliphatic heterocycles. The summed E-state index contributed by atoms with van der Waals surface area (Å²) in [4.78, 5) is 4.65. The molecule has 0 saturated carbocycles. The summed E-state index contributed by atoms with van der Waals surface area (Å²) < 4.78 is 0. The van der Waals surface area contributed by atoms with Crippen molar-refractivity contribution >= 4 is 23.1 Å². The van der Waals surface area contributed by atoms with E-state index < -0.39 is 0 Å². The quantitative estimate of drug-likeness (QED) is 0.577. The van der Waals surface area contributed by atoms with Crippen molar-refractivity contribution in [3.8, 4) is 0 Å². The molecule has 0 nitrogen and oxygen atoms in total. The Kier molecular flexibility index (Phi) is 1.53. The lowest BCUT2D eigenvalue weighted by atomic mass is 10.2. The predicted octanol–water partition coefficient (Wildman–Crippen LogP) is 3.01. The van der Waals surface area contributed by atoms with Crippen molar-refractivity contribution in [2.45, 2.75) is 25.2 Å². The third-order valence-corrected chi connectivity index (χ3v) is 4.37. The van der Waals surface area contributed by atoms with Gasteiger partial charge in [0, 0.05) is 20.4 Å². The number of fused-ring (bicyclic) bond motifs is 1. The second kappa shape index (κ2) is 2.28. The Labute approximate surface area is 69.6 Å². The summed E-state index contributed by atoms with van der Waals surface area (Å²) >= 11 is 3.98. The normalized spacial score (nSPS) is 15.8. The standard InChI is InChI=1S/C8H10S2/c1-5-7-3-4-9-8(7)6(2)10-5/h3-4H2,1-2H3. The molecule has 2 heteroatoms. The van der Waals surface area contributed by atoms with Crippen LogP contribution in [-0.4, -0.2) is 5.75 Å². The third-order valence-electron chi connectivity index (χ3n) is 1.92. The van der Waals surface area contributed by atoms with Crippen molar-refractivity contribution in [3.63, 3.8) is 0 Å². The van der Waals surface area contributed by atoms with Crippen LogP contribution in [0.4, 0.5) is 0 Å². The average molecular weight is 170 g/mol. The van der Waals surface area contributed by atoms with Gasteiger partial charge in [0.15, 0.2) is 0 Å². The van der Waals surface area contributed by atoms with E-state index in [2.05, 4.69) is 13.8 Å². The Hall–Kier alpha value is 0.0500. The van der Waals surface area contributed by atoms with Gasteiger partial charge < -0.3 is 0 Å². The highest BCUT2D eigenvalue weighted by Gasteiger charge is 2.18. The molecule has 0 N–H and O–H groups in total. The topological polar surface area (TPSA) is 0 Å². The molecule has 2 heterocycles. The van der Waals surface area contributed by atoms with Crippen LogP contribution in [0.5, 0.6) is 0 Å². The fraction of sp³-hybridized carbons (Fsp3) is 0.500. The van der Waals surface area contributed by atoms with E-state index in [1.807, 2.05) is 23.1 Å². The maximum Gasteiger partial charge on any atom is 0.0244 e. The van der Waals surface area contributed by atoms with Crippen LogP contribution in [0.1, 0.15) is 15.3 Å². The van der Waals surface area contributed by atoms with Gasteiger partial charge in [-0.3, -0.25) is 0 Å². The fourth-order valence-electron chi connectivity index (χ4n) is 1.44. The van der Waals surface area contributed by atoms with Crippen molar-refractivity contribution in [2.24, 2.45) is 0 Å². The average Bonchev–Trinajstić information content (AvgIpc) is 2.39. The first-order valence-electron chi connectivity index (χ1n) is 3.50. The van der Waals surface area contributed by atoms with Crippen LogP contribution in [0.25, 0.3) is 0 Å². The van der Waals surface area contributed by atoms with Gasteiger partial charge in [-0.2, -0.15) is 0 Å². The van der Waals surface area contributed by atoms with Crippen LogP contribution >= 0.6 is 23.1 Å². The molecule has 1 aromatic rings. The van der Waals surface area contributed by atoms with Crippen LogP contribution < -0.4 is 0 Å². The molecule has 0 radical (unpaired) electrons. The second-order valence-corrected chi connectivity index (χ2v) is 5.15. The molecule has 1 aromatic heterocycles. The Morgan fingerprint density at radius 3 is 2.70 bits per heavy atom. The first-order chi connectivity index (χ1) is 4.79. The zero-order valence-electron chi connectivity index (χ0n) is 6.23. The van der Waals surface area contributed by atoms with E-state index in [0.29, 0.717) is 0 Å². The summed E-state index contributed by atoms with van der Waals surface area (Å²) in [6.45, 7) is 4.47. The van der Waals surface area contributed by atoms with E-state index in [1.54, 1.807) is 10.5 Å². The zero-order chi connectivity index (χ0) is 7.14. The highest BCUT2D eigenvalue weighted by atomic mass is 32.2. The van der Waals surface area contributed by atoms with Crippen molar-refractivity contribution in [1.29, 1.82) is 0 Å². The van der Waals surface area contributed by atoms with Crippen LogP contribution in [0.3, 0.4) is 0 Å². The molecule has 2 rings (SSSR count). The Bertz CT molecular complexity index is 236. The van der Waals surface area contributed by atoms with Crippen LogP contribution in [-0.2, 0) is 6.42 Å². The van der Waals surface area contributed by atoms with Gasteiger partial charge in [0.05, 0.1) is 0 Å². The first-order valence-corrected chi connectivity index (χ1v) is 5.31. The van der Waals surface area contributed by atoms with Crippen molar-refractivity contribution in [3.05, 3.63) is 15.3 Å². The Balaban J connectivity index is 2.61. The molecule has 0 spiro atoms. The lowest BCUT2D eigenvalue weighted by molar-refractivity contribution is 1.14. The van der Waals surface area contributed by atoms with Gasteiger partial charge in [0.2, 0.25) is 0 Å². The molecular formula is C8H10S2. The summed E-state index contributed by atoms with van der Waals surface area (Å²) in [5, 5.41) is 0. The summed E-state index contributed by atoms with van der Waals surface area (Å²) in [6.07, 6.45) is 1.30. The van der Waals surface area contributed by atoms with Gasteiger partial charge in [-0.25, -0.2) is 0 Å². The van der Waals surface area contributed by atoms with Crippen LogP contribution in [0, 0.1) is 13.8 Å². The number of hydrogen-bond donors (Lipinski definition) is 0. The van der Waals surface area contributed by atoms with E-state index >= 15 is 0 Å². The number of thioether (sulfide) groups is 1. The minimum atomic E-state index is 1.30. The summed E-state index contributed by atoms with van der Waals surface area (Å²) in [6, 6.07) is 0. The van der Waals surface area contributed by atoms with E-state index in [-0.39, 0.29) is 0 Å². The molecule has 0 fully saturated rings. The van der Waals surface area contributed by atoms with Crippen LogP contribution in [0.2, 0.25) is 0 Å². The molecule has 0 unspecified atom stereocenters.